The van der Waals surface area contributed by atoms with Gasteiger partial charge in [-0.15, -0.1) is 0 Å². The summed E-state index contributed by atoms with van der Waals surface area (Å²) in [4.78, 5) is 16.0. The van der Waals surface area contributed by atoms with Gasteiger partial charge in [0.05, 0.1) is 12.3 Å². The van der Waals surface area contributed by atoms with E-state index in [2.05, 4.69) is 29.2 Å². The first-order valence-electron chi connectivity index (χ1n) is 11.5. The number of hydrogen-bond acceptors (Lipinski definition) is 5. The number of benzene rings is 3. The standard InChI is InChI=1S/C29H29NO5/c1-19-18-24(14-15-26(19)35-29(3,4)28(31)32)33-17-16-25-20(2)34-27(30-25)23-12-10-22(11-13-23)21-8-6-5-7-9-21/h5-15,18H,16-17H2,1-4H3,(H,31,32). The van der Waals surface area contributed by atoms with Gasteiger partial charge >= 0.3 is 5.97 Å². The summed E-state index contributed by atoms with van der Waals surface area (Å²) in [6.07, 6.45) is 0.598. The van der Waals surface area contributed by atoms with Crippen molar-refractivity contribution in [1.82, 2.24) is 4.98 Å². The van der Waals surface area contributed by atoms with Crippen molar-refractivity contribution in [3.8, 4) is 34.1 Å². The third kappa shape index (κ3) is 5.72. The third-order valence-corrected chi connectivity index (χ3v) is 5.77. The molecule has 6 nitrogen and oxygen atoms in total. The van der Waals surface area contributed by atoms with Crippen molar-refractivity contribution in [3.05, 3.63) is 89.8 Å². The number of oxazole rings is 1. The Morgan fingerprint density at radius 3 is 2.26 bits per heavy atom. The van der Waals surface area contributed by atoms with Gasteiger partial charge in [0.15, 0.2) is 5.60 Å². The van der Waals surface area contributed by atoms with Gasteiger partial charge in [-0.05, 0) is 74.7 Å². The van der Waals surface area contributed by atoms with E-state index in [0.29, 0.717) is 30.4 Å². The summed E-state index contributed by atoms with van der Waals surface area (Å²) in [6, 6.07) is 23.7. The fraction of sp³-hybridized carbons (Fsp3) is 0.241. The minimum atomic E-state index is -1.31. The maximum Gasteiger partial charge on any atom is 0.347 e. The molecule has 0 saturated heterocycles. The SMILES string of the molecule is Cc1cc(OCCc2nc(-c3ccc(-c4ccccc4)cc3)oc2C)ccc1OC(C)(C)C(=O)O. The molecule has 0 atom stereocenters. The average Bonchev–Trinajstić information content (AvgIpc) is 3.21. The molecule has 0 aliphatic carbocycles. The van der Waals surface area contributed by atoms with Crippen molar-refractivity contribution in [2.24, 2.45) is 0 Å². The molecule has 6 heteroatoms. The van der Waals surface area contributed by atoms with Crippen LogP contribution < -0.4 is 9.47 Å². The molecule has 0 saturated carbocycles. The van der Waals surface area contributed by atoms with E-state index in [1.165, 1.54) is 19.4 Å². The molecule has 0 bridgehead atoms. The molecule has 0 amide bonds. The zero-order chi connectivity index (χ0) is 25.0. The molecule has 0 spiro atoms. The molecule has 0 radical (unpaired) electrons. The van der Waals surface area contributed by atoms with E-state index in [1.54, 1.807) is 12.1 Å². The Kier molecular flexibility index (Phi) is 6.92. The smallest absolute Gasteiger partial charge is 0.347 e. The van der Waals surface area contributed by atoms with Crippen molar-refractivity contribution in [2.45, 2.75) is 39.7 Å². The first kappa shape index (κ1) is 24.1. The van der Waals surface area contributed by atoms with Crippen LogP contribution in [0.5, 0.6) is 11.5 Å². The molecule has 1 aromatic heterocycles. The van der Waals surface area contributed by atoms with Crippen LogP contribution >= 0.6 is 0 Å². The van der Waals surface area contributed by atoms with Crippen molar-refractivity contribution in [1.29, 1.82) is 0 Å². The van der Waals surface area contributed by atoms with Crippen LogP contribution in [-0.2, 0) is 11.2 Å². The number of rotatable bonds is 9. The van der Waals surface area contributed by atoms with Gasteiger partial charge in [-0.3, -0.25) is 0 Å². The van der Waals surface area contributed by atoms with Gasteiger partial charge in [-0.1, -0.05) is 42.5 Å². The minimum Gasteiger partial charge on any atom is -0.493 e. The zero-order valence-electron chi connectivity index (χ0n) is 20.4. The highest BCUT2D eigenvalue weighted by Gasteiger charge is 2.29. The highest BCUT2D eigenvalue weighted by Crippen LogP contribution is 2.28. The Morgan fingerprint density at radius 1 is 0.943 bits per heavy atom. The van der Waals surface area contributed by atoms with E-state index in [1.807, 2.05) is 50.2 Å². The van der Waals surface area contributed by atoms with Gasteiger partial charge in [0.2, 0.25) is 5.89 Å². The number of hydrogen-bond donors (Lipinski definition) is 1. The van der Waals surface area contributed by atoms with Gasteiger partial charge in [-0.25, -0.2) is 9.78 Å². The molecular formula is C29H29NO5. The van der Waals surface area contributed by atoms with Gasteiger partial charge in [0.25, 0.3) is 0 Å². The number of aryl methyl sites for hydroxylation is 2. The van der Waals surface area contributed by atoms with Crippen molar-refractivity contribution in [2.75, 3.05) is 6.61 Å². The van der Waals surface area contributed by atoms with Crippen LogP contribution in [0.4, 0.5) is 0 Å². The van der Waals surface area contributed by atoms with Crippen LogP contribution in [0.1, 0.15) is 30.9 Å². The van der Waals surface area contributed by atoms with E-state index in [-0.39, 0.29) is 0 Å². The molecule has 3 aromatic carbocycles. The normalized spacial score (nSPS) is 11.3. The molecule has 4 aromatic rings. The zero-order valence-corrected chi connectivity index (χ0v) is 20.4. The molecule has 1 N–H and O–H groups in total. The number of aliphatic carboxylic acids is 1. The Labute approximate surface area is 205 Å². The molecule has 4 rings (SSSR count). The summed E-state index contributed by atoms with van der Waals surface area (Å²) < 4.78 is 17.5. The monoisotopic (exact) mass is 471 g/mol. The van der Waals surface area contributed by atoms with Crippen molar-refractivity contribution < 1.29 is 23.8 Å². The lowest BCUT2D eigenvalue weighted by Crippen LogP contribution is -2.38. The summed E-state index contributed by atoms with van der Waals surface area (Å²) in [6.45, 7) is 7.23. The lowest BCUT2D eigenvalue weighted by molar-refractivity contribution is -0.152. The second-order valence-corrected chi connectivity index (χ2v) is 8.91. The first-order valence-corrected chi connectivity index (χ1v) is 11.5. The minimum absolute atomic E-state index is 0.431. The van der Waals surface area contributed by atoms with Crippen LogP contribution in [0.25, 0.3) is 22.6 Å². The van der Waals surface area contributed by atoms with Gasteiger partial charge in [0.1, 0.15) is 17.3 Å². The fourth-order valence-electron chi connectivity index (χ4n) is 3.63. The predicted molar refractivity (Wildman–Crippen MR) is 135 cm³/mol. The van der Waals surface area contributed by atoms with Gasteiger partial charge in [-0.2, -0.15) is 0 Å². The van der Waals surface area contributed by atoms with Crippen LogP contribution in [0.15, 0.2) is 77.2 Å². The first-order chi connectivity index (χ1) is 16.7. The number of carboxylic acid groups (broad SMARTS) is 1. The molecule has 35 heavy (non-hydrogen) atoms. The largest absolute Gasteiger partial charge is 0.493 e. The summed E-state index contributed by atoms with van der Waals surface area (Å²) >= 11 is 0. The number of nitrogens with zero attached hydrogens (tertiary/aromatic N) is 1. The fourth-order valence-corrected chi connectivity index (χ4v) is 3.63. The maximum absolute atomic E-state index is 11.3. The molecule has 0 unspecified atom stereocenters. The van der Waals surface area contributed by atoms with E-state index in [0.717, 1.165) is 28.1 Å². The molecule has 0 aliphatic heterocycles. The summed E-state index contributed by atoms with van der Waals surface area (Å²) in [5, 5.41) is 9.27. The van der Waals surface area contributed by atoms with E-state index in [9.17, 15) is 9.90 Å². The molecular weight excluding hydrogens is 442 g/mol. The highest BCUT2D eigenvalue weighted by atomic mass is 16.5. The lowest BCUT2D eigenvalue weighted by Gasteiger charge is -2.23. The topological polar surface area (TPSA) is 81.8 Å². The quantitative estimate of drug-likeness (QED) is 0.300. The maximum atomic E-state index is 11.3. The summed E-state index contributed by atoms with van der Waals surface area (Å²) in [5.74, 6) is 1.54. The molecule has 1 heterocycles. The second kappa shape index (κ2) is 10.1. The van der Waals surface area contributed by atoms with Crippen LogP contribution in [-0.4, -0.2) is 28.3 Å². The summed E-state index contributed by atoms with van der Waals surface area (Å²) in [7, 11) is 0. The Balaban J connectivity index is 1.37. The van der Waals surface area contributed by atoms with E-state index in [4.69, 9.17) is 13.9 Å². The number of carbonyl (C=O) groups is 1. The van der Waals surface area contributed by atoms with Crippen molar-refractivity contribution in [3.63, 3.8) is 0 Å². The van der Waals surface area contributed by atoms with Crippen LogP contribution in [0.3, 0.4) is 0 Å². The van der Waals surface area contributed by atoms with Gasteiger partial charge in [0, 0.05) is 12.0 Å². The average molecular weight is 472 g/mol. The Hall–Kier alpha value is -4.06. The number of ether oxygens (including phenoxy) is 2. The number of aromatic nitrogens is 1. The van der Waals surface area contributed by atoms with Crippen LogP contribution in [0.2, 0.25) is 0 Å². The van der Waals surface area contributed by atoms with Crippen LogP contribution in [0, 0.1) is 13.8 Å². The molecule has 0 aliphatic rings. The van der Waals surface area contributed by atoms with Crippen molar-refractivity contribution >= 4 is 5.97 Å². The highest BCUT2D eigenvalue weighted by molar-refractivity contribution is 5.76. The van der Waals surface area contributed by atoms with E-state index >= 15 is 0 Å². The predicted octanol–water partition coefficient (Wildman–Crippen LogP) is 6.49. The number of carboxylic acids is 1. The second-order valence-electron chi connectivity index (χ2n) is 8.91. The Morgan fingerprint density at radius 2 is 1.60 bits per heavy atom. The molecule has 0 fully saturated rings. The third-order valence-electron chi connectivity index (χ3n) is 5.77. The lowest BCUT2D eigenvalue weighted by atomic mass is 10.0. The molecule has 180 valence electrons. The van der Waals surface area contributed by atoms with Gasteiger partial charge < -0.3 is 19.0 Å². The summed E-state index contributed by atoms with van der Waals surface area (Å²) in [5.41, 5.74) is 3.58. The Bertz CT molecular complexity index is 1310. The van der Waals surface area contributed by atoms with E-state index < -0.39 is 11.6 Å².